The number of carbonyl (C=O) groups excluding carboxylic acids is 1. The van der Waals surface area contributed by atoms with Crippen LogP contribution in [0.25, 0.3) is 0 Å². The third kappa shape index (κ3) is 6.68. The zero-order chi connectivity index (χ0) is 16.0. The van der Waals surface area contributed by atoms with Crippen LogP contribution >= 0.6 is 24.0 Å². The molecule has 1 rings (SSSR count). The Morgan fingerprint density at radius 2 is 2.00 bits per heavy atom. The van der Waals surface area contributed by atoms with Crippen LogP contribution in [0.1, 0.15) is 27.7 Å². The number of halogens is 1. The molecule has 2 N–H and O–H groups in total. The highest BCUT2D eigenvalue weighted by Gasteiger charge is 2.31. The number of hydrogen-bond donors (Lipinski definition) is 2. The lowest BCUT2D eigenvalue weighted by molar-refractivity contribution is -0.127. The van der Waals surface area contributed by atoms with Crippen LogP contribution in [0.3, 0.4) is 0 Å². The smallest absolute Gasteiger partial charge is 0.243 e. The van der Waals surface area contributed by atoms with E-state index >= 15 is 0 Å². The molecule has 0 saturated carbocycles. The number of nitrogens with one attached hydrogen (secondary N) is 2. The summed E-state index contributed by atoms with van der Waals surface area (Å²) in [6.07, 6.45) is 0. The molecule has 1 heterocycles. The fourth-order valence-corrected chi connectivity index (χ4v) is 2.40. The summed E-state index contributed by atoms with van der Waals surface area (Å²) in [4.78, 5) is 20.1. The van der Waals surface area contributed by atoms with Crippen molar-refractivity contribution in [1.29, 1.82) is 0 Å². The Morgan fingerprint density at radius 3 is 2.45 bits per heavy atom. The zero-order valence-corrected chi connectivity index (χ0v) is 17.0. The summed E-state index contributed by atoms with van der Waals surface area (Å²) in [7, 11) is 3.50. The van der Waals surface area contributed by atoms with Gasteiger partial charge in [0.1, 0.15) is 6.54 Å². The van der Waals surface area contributed by atoms with Crippen LogP contribution in [0.4, 0.5) is 0 Å². The second-order valence-corrected chi connectivity index (χ2v) is 6.26. The van der Waals surface area contributed by atoms with Crippen molar-refractivity contribution in [2.24, 2.45) is 10.9 Å². The molecule has 7 heteroatoms. The highest BCUT2D eigenvalue weighted by molar-refractivity contribution is 14.0. The first-order valence-corrected chi connectivity index (χ1v) is 7.84. The topological polar surface area (TPSA) is 60.0 Å². The summed E-state index contributed by atoms with van der Waals surface area (Å²) in [6, 6.07) is 0.939. The second kappa shape index (κ2) is 10.3. The highest BCUT2D eigenvalue weighted by atomic mass is 127. The van der Waals surface area contributed by atoms with Gasteiger partial charge in [-0.3, -0.25) is 9.69 Å². The summed E-state index contributed by atoms with van der Waals surface area (Å²) in [5.41, 5.74) is 0. The lowest BCUT2D eigenvalue weighted by atomic mass is 10.1. The highest BCUT2D eigenvalue weighted by Crippen LogP contribution is 2.18. The monoisotopic (exact) mass is 425 g/mol. The minimum atomic E-state index is 0. The van der Waals surface area contributed by atoms with Crippen LogP contribution in [0.2, 0.25) is 0 Å². The summed E-state index contributed by atoms with van der Waals surface area (Å²) in [6.45, 7) is 11.8. The molecule has 1 amide bonds. The lowest BCUT2D eigenvalue weighted by Crippen LogP contribution is -2.47. The number of hydrogen-bond acceptors (Lipinski definition) is 3. The van der Waals surface area contributed by atoms with E-state index in [1.54, 1.807) is 19.0 Å². The fraction of sp³-hybridized carbons (Fsp3) is 0.867. The molecule has 1 aliphatic heterocycles. The Labute approximate surface area is 152 Å². The SMILES string of the molecule is CCNC(=NCC(=O)N(C)C)NC1CN(C(C)C)CC1C.I. The minimum absolute atomic E-state index is 0. The molecule has 1 saturated heterocycles. The van der Waals surface area contributed by atoms with Crippen molar-refractivity contribution in [3.8, 4) is 0 Å². The van der Waals surface area contributed by atoms with Crippen molar-refractivity contribution >= 4 is 35.8 Å². The van der Waals surface area contributed by atoms with Gasteiger partial charge in [-0.1, -0.05) is 6.92 Å². The van der Waals surface area contributed by atoms with Gasteiger partial charge in [0.25, 0.3) is 0 Å². The summed E-state index contributed by atoms with van der Waals surface area (Å²) >= 11 is 0. The summed E-state index contributed by atoms with van der Waals surface area (Å²) in [5, 5.41) is 6.69. The van der Waals surface area contributed by atoms with E-state index in [9.17, 15) is 4.79 Å². The third-order valence-corrected chi connectivity index (χ3v) is 3.91. The van der Waals surface area contributed by atoms with Gasteiger partial charge in [-0.05, 0) is 26.7 Å². The number of likely N-dealkylation sites (N-methyl/N-ethyl adjacent to an activating group) is 1. The van der Waals surface area contributed by atoms with Crippen LogP contribution in [0.15, 0.2) is 4.99 Å². The number of guanidine groups is 1. The molecule has 0 aliphatic carbocycles. The maximum atomic E-state index is 11.6. The first kappa shape index (κ1) is 21.4. The largest absolute Gasteiger partial charge is 0.357 e. The van der Waals surface area contributed by atoms with E-state index in [4.69, 9.17) is 0 Å². The Morgan fingerprint density at radius 1 is 1.36 bits per heavy atom. The standard InChI is InChI=1S/C15H31N5O.HI/c1-7-16-15(17-8-14(21)19(5)6)18-13-10-20(11(2)3)9-12(13)4;/h11-13H,7-10H2,1-6H3,(H2,16,17,18);1H. The van der Waals surface area contributed by atoms with Crippen LogP contribution in [-0.2, 0) is 4.79 Å². The van der Waals surface area contributed by atoms with Crippen LogP contribution in [-0.4, -0.2) is 74.0 Å². The molecule has 2 atom stereocenters. The van der Waals surface area contributed by atoms with Crippen molar-refractivity contribution in [2.45, 2.75) is 39.8 Å². The van der Waals surface area contributed by atoms with Crippen LogP contribution in [0, 0.1) is 5.92 Å². The Hall–Kier alpha value is -0.570. The van der Waals surface area contributed by atoms with Gasteiger partial charge >= 0.3 is 0 Å². The van der Waals surface area contributed by atoms with Gasteiger partial charge in [-0.15, -0.1) is 24.0 Å². The van der Waals surface area contributed by atoms with Crippen LogP contribution in [0.5, 0.6) is 0 Å². The quantitative estimate of drug-likeness (QED) is 0.392. The molecule has 1 fully saturated rings. The van der Waals surface area contributed by atoms with Crippen molar-refractivity contribution in [1.82, 2.24) is 20.4 Å². The molecule has 0 radical (unpaired) electrons. The van der Waals surface area contributed by atoms with Gasteiger partial charge in [0.2, 0.25) is 5.91 Å². The van der Waals surface area contributed by atoms with Crippen LogP contribution < -0.4 is 10.6 Å². The number of likely N-dealkylation sites (tertiary alicyclic amines) is 1. The van der Waals surface area contributed by atoms with Gasteiger partial charge in [0.15, 0.2) is 5.96 Å². The molecule has 1 aliphatic rings. The average Bonchev–Trinajstić information content (AvgIpc) is 2.77. The van der Waals surface area contributed by atoms with E-state index in [0.29, 0.717) is 18.0 Å². The maximum Gasteiger partial charge on any atom is 0.243 e. The van der Waals surface area contributed by atoms with E-state index in [0.717, 1.165) is 25.6 Å². The number of nitrogens with zero attached hydrogens (tertiary/aromatic N) is 3. The van der Waals surface area contributed by atoms with Crippen molar-refractivity contribution in [3.05, 3.63) is 0 Å². The molecular weight excluding hydrogens is 393 g/mol. The first-order valence-electron chi connectivity index (χ1n) is 7.84. The molecule has 22 heavy (non-hydrogen) atoms. The van der Waals surface area contributed by atoms with Crippen molar-refractivity contribution in [2.75, 3.05) is 40.3 Å². The molecule has 0 spiro atoms. The predicted molar refractivity (Wildman–Crippen MR) is 103 cm³/mol. The lowest BCUT2D eigenvalue weighted by Gasteiger charge is -2.22. The van der Waals surface area contributed by atoms with Crippen molar-refractivity contribution in [3.63, 3.8) is 0 Å². The Kier molecular flexibility index (Phi) is 9.99. The summed E-state index contributed by atoms with van der Waals surface area (Å²) in [5.74, 6) is 1.31. The predicted octanol–water partition coefficient (Wildman–Crippen LogP) is 0.976. The number of aliphatic imine (C=N–C) groups is 1. The van der Waals surface area contributed by atoms with Gasteiger partial charge in [-0.2, -0.15) is 0 Å². The molecule has 0 bridgehead atoms. The fourth-order valence-electron chi connectivity index (χ4n) is 2.40. The van der Waals surface area contributed by atoms with E-state index < -0.39 is 0 Å². The molecule has 130 valence electrons. The van der Waals surface area contributed by atoms with Crippen molar-refractivity contribution < 1.29 is 4.79 Å². The summed E-state index contributed by atoms with van der Waals surface area (Å²) < 4.78 is 0. The average molecular weight is 425 g/mol. The van der Waals surface area contributed by atoms with E-state index in [1.165, 1.54) is 0 Å². The minimum Gasteiger partial charge on any atom is -0.357 e. The van der Waals surface area contributed by atoms with Gasteiger partial charge in [0.05, 0.1) is 0 Å². The number of amides is 1. The molecule has 6 nitrogen and oxygen atoms in total. The Balaban J connectivity index is 0.00000441. The Bertz CT molecular complexity index is 373. The van der Waals surface area contributed by atoms with Gasteiger partial charge in [-0.25, -0.2) is 4.99 Å². The van der Waals surface area contributed by atoms with Gasteiger partial charge in [0, 0.05) is 45.8 Å². The molecule has 2 unspecified atom stereocenters. The first-order chi connectivity index (χ1) is 9.85. The number of carbonyl (C=O) groups is 1. The van der Waals surface area contributed by atoms with E-state index in [-0.39, 0.29) is 36.4 Å². The van der Waals surface area contributed by atoms with E-state index in [1.807, 2.05) is 6.92 Å². The third-order valence-electron chi connectivity index (χ3n) is 3.91. The number of rotatable bonds is 5. The zero-order valence-electron chi connectivity index (χ0n) is 14.7. The maximum absolute atomic E-state index is 11.6. The van der Waals surface area contributed by atoms with Gasteiger partial charge < -0.3 is 15.5 Å². The molecule has 0 aromatic carbocycles. The second-order valence-electron chi connectivity index (χ2n) is 6.26. The molecule has 0 aromatic heterocycles. The molecule has 0 aromatic rings. The normalized spacial score (nSPS) is 22.4. The van der Waals surface area contributed by atoms with E-state index in [2.05, 4.69) is 41.3 Å². The molecular formula is C15H32IN5O.